The second kappa shape index (κ2) is 8.87. The van der Waals surface area contributed by atoms with Crippen LogP contribution in [0.1, 0.15) is 24.3 Å². The number of hydrogen-bond acceptors (Lipinski definition) is 3. The fourth-order valence-electron chi connectivity index (χ4n) is 7.66. The summed E-state index contributed by atoms with van der Waals surface area (Å²) >= 11 is 1.93. The highest BCUT2D eigenvalue weighted by atomic mass is 32.1. The summed E-state index contributed by atoms with van der Waals surface area (Å²) in [4.78, 5) is 12.3. The maximum absolute atomic E-state index is 5.45. The van der Waals surface area contributed by atoms with Crippen LogP contribution >= 0.6 is 11.3 Å². The Labute approximate surface area is 264 Å². The zero-order valence-electron chi connectivity index (χ0n) is 24.9. The maximum atomic E-state index is 5.45. The lowest BCUT2D eigenvalue weighted by Crippen LogP contribution is -2.13. The monoisotopic (exact) mass is 593 g/mol. The van der Waals surface area contributed by atoms with E-state index in [9.17, 15) is 0 Å². The van der Waals surface area contributed by atoms with E-state index in [1.807, 2.05) is 11.3 Å². The number of aromatic nitrogens is 3. The summed E-state index contributed by atoms with van der Waals surface area (Å²) in [5, 5.41) is 7.13. The summed E-state index contributed by atoms with van der Waals surface area (Å²) in [5.41, 5.74) is 9.22. The highest BCUT2D eigenvalue weighted by molar-refractivity contribution is 7.20. The minimum atomic E-state index is -0.112. The van der Waals surface area contributed by atoms with Crippen molar-refractivity contribution in [2.75, 3.05) is 0 Å². The topological polar surface area (TPSA) is 30.7 Å². The lowest BCUT2D eigenvalue weighted by Gasteiger charge is -2.20. The molecule has 1 aliphatic rings. The second-order valence-corrected chi connectivity index (χ2v) is 13.6. The molecule has 6 aromatic carbocycles. The van der Waals surface area contributed by atoms with Crippen LogP contribution in [0.3, 0.4) is 0 Å². The molecule has 0 radical (unpaired) electrons. The Morgan fingerprint density at radius 3 is 2.16 bits per heavy atom. The molecule has 1 aliphatic carbocycles. The van der Waals surface area contributed by atoms with Crippen molar-refractivity contribution in [3.63, 3.8) is 0 Å². The minimum Gasteiger partial charge on any atom is -0.277 e. The number of fused-ring (bicyclic) bond motifs is 12. The third kappa shape index (κ3) is 3.29. The first-order valence-corrected chi connectivity index (χ1v) is 16.3. The molecule has 0 spiro atoms. The summed E-state index contributed by atoms with van der Waals surface area (Å²) in [6.07, 6.45) is 0. The molecule has 10 rings (SSSR count). The third-order valence-electron chi connectivity index (χ3n) is 9.75. The van der Waals surface area contributed by atoms with Crippen LogP contribution in [0.25, 0.3) is 81.9 Å². The third-order valence-corrected chi connectivity index (χ3v) is 11.2. The summed E-state index contributed by atoms with van der Waals surface area (Å²) < 4.78 is 3.68. The molecule has 45 heavy (non-hydrogen) atoms. The molecule has 9 aromatic rings. The van der Waals surface area contributed by atoms with E-state index in [1.54, 1.807) is 0 Å². The summed E-state index contributed by atoms with van der Waals surface area (Å²) in [7, 11) is 0. The molecule has 0 unspecified atom stereocenters. The molecule has 0 N–H and O–H groups in total. The number of hydrogen-bond donors (Lipinski definition) is 0. The van der Waals surface area contributed by atoms with Crippen molar-refractivity contribution in [1.82, 2.24) is 14.5 Å². The Balaban J connectivity index is 1.42. The van der Waals surface area contributed by atoms with E-state index < -0.39 is 0 Å². The first kappa shape index (κ1) is 25.1. The number of para-hydroxylation sites is 1. The fourth-order valence-corrected chi connectivity index (χ4v) is 8.99. The molecular formula is C41H27N3S. The van der Waals surface area contributed by atoms with Crippen LogP contribution in [0, 0.1) is 0 Å². The van der Waals surface area contributed by atoms with Gasteiger partial charge in [-0.25, -0.2) is 9.97 Å². The largest absolute Gasteiger partial charge is 0.277 e. The van der Waals surface area contributed by atoms with Crippen LogP contribution in [0.5, 0.6) is 0 Å². The van der Waals surface area contributed by atoms with Crippen molar-refractivity contribution in [3.8, 4) is 28.3 Å². The van der Waals surface area contributed by atoms with E-state index in [4.69, 9.17) is 9.97 Å². The molecule has 0 aliphatic heterocycles. The van der Waals surface area contributed by atoms with E-state index in [1.165, 1.54) is 53.3 Å². The van der Waals surface area contributed by atoms with Crippen LogP contribution in [-0.2, 0) is 5.41 Å². The van der Waals surface area contributed by atoms with E-state index in [-0.39, 0.29) is 5.41 Å². The fraction of sp³-hybridized carbons (Fsp3) is 0.0732. The van der Waals surface area contributed by atoms with Crippen molar-refractivity contribution in [2.24, 2.45) is 0 Å². The number of nitrogens with zero attached hydrogens (tertiary/aromatic N) is 3. The molecule has 0 amide bonds. The molecule has 0 bridgehead atoms. The summed E-state index contributed by atoms with van der Waals surface area (Å²) in [6, 6.07) is 45.7. The van der Waals surface area contributed by atoms with Gasteiger partial charge in [-0.1, -0.05) is 123 Å². The van der Waals surface area contributed by atoms with Gasteiger partial charge in [0.25, 0.3) is 0 Å². The molecular weight excluding hydrogens is 567 g/mol. The Morgan fingerprint density at radius 1 is 0.578 bits per heavy atom. The first-order valence-electron chi connectivity index (χ1n) is 15.4. The molecule has 0 atom stereocenters. The zero-order chi connectivity index (χ0) is 29.9. The highest BCUT2D eigenvalue weighted by Crippen LogP contribution is 2.58. The highest BCUT2D eigenvalue weighted by Gasteiger charge is 2.40. The van der Waals surface area contributed by atoms with Gasteiger partial charge in [-0.2, -0.15) is 0 Å². The van der Waals surface area contributed by atoms with Gasteiger partial charge >= 0.3 is 0 Å². The Bertz CT molecular complexity index is 2680. The zero-order valence-corrected chi connectivity index (χ0v) is 25.7. The Morgan fingerprint density at radius 2 is 1.29 bits per heavy atom. The minimum absolute atomic E-state index is 0.112. The van der Waals surface area contributed by atoms with E-state index in [2.05, 4.69) is 146 Å². The summed E-state index contributed by atoms with van der Waals surface area (Å²) in [5.74, 6) is 0.697. The van der Waals surface area contributed by atoms with Crippen LogP contribution in [0.2, 0.25) is 0 Å². The second-order valence-electron chi connectivity index (χ2n) is 12.6. The molecule has 3 nitrogen and oxygen atoms in total. The number of rotatable bonds is 2. The van der Waals surface area contributed by atoms with Crippen LogP contribution in [0.4, 0.5) is 0 Å². The maximum Gasteiger partial charge on any atom is 0.235 e. The SMILES string of the molecule is CC1(C)c2ccc3c4ccccc4n(-c4nc(-c5ccccc5)c5ccc6ccccc6c5n4)c3c2-c2c1sc1ccccc21. The van der Waals surface area contributed by atoms with Gasteiger partial charge in [-0.15, -0.1) is 11.3 Å². The average molecular weight is 594 g/mol. The van der Waals surface area contributed by atoms with Crippen LogP contribution in [-0.4, -0.2) is 14.5 Å². The van der Waals surface area contributed by atoms with Crippen molar-refractivity contribution in [1.29, 1.82) is 0 Å². The standard InChI is InChI=1S/C41H27N3S/c1-41(2)31-23-22-28-27-16-8-10-18-32(27)44(38(28)35(31)34-29-17-9-11-19-33(29)45-39(34)41)40-42-36(25-13-4-3-5-14-25)30-21-20-24-12-6-7-15-26(24)37(30)43-40/h3-23H,1-2H3. The molecule has 0 saturated heterocycles. The van der Waals surface area contributed by atoms with E-state index >= 15 is 0 Å². The van der Waals surface area contributed by atoms with E-state index in [0.717, 1.165) is 33.1 Å². The average Bonchev–Trinajstić information content (AvgIpc) is 3.71. The van der Waals surface area contributed by atoms with Gasteiger partial charge in [0, 0.05) is 58.6 Å². The van der Waals surface area contributed by atoms with Crippen LogP contribution in [0.15, 0.2) is 127 Å². The number of benzene rings is 6. The van der Waals surface area contributed by atoms with Gasteiger partial charge in [-0.3, -0.25) is 4.57 Å². The first-order chi connectivity index (χ1) is 22.1. The predicted molar refractivity (Wildman–Crippen MR) is 190 cm³/mol. The Kier molecular flexibility index (Phi) is 4.94. The van der Waals surface area contributed by atoms with Crippen LogP contribution < -0.4 is 0 Å². The number of thiophene rings is 1. The van der Waals surface area contributed by atoms with Crippen molar-refractivity contribution >= 4 is 64.9 Å². The van der Waals surface area contributed by atoms with Crippen molar-refractivity contribution in [2.45, 2.75) is 19.3 Å². The molecule has 0 saturated carbocycles. The molecule has 3 aromatic heterocycles. The lowest BCUT2D eigenvalue weighted by molar-refractivity contribution is 0.675. The molecule has 212 valence electrons. The van der Waals surface area contributed by atoms with Crippen molar-refractivity contribution in [3.05, 3.63) is 138 Å². The predicted octanol–water partition coefficient (Wildman–Crippen LogP) is 11.1. The van der Waals surface area contributed by atoms with Gasteiger partial charge in [0.1, 0.15) is 0 Å². The summed E-state index contributed by atoms with van der Waals surface area (Å²) in [6.45, 7) is 4.75. The van der Waals surface area contributed by atoms with Gasteiger partial charge in [0.15, 0.2) is 0 Å². The quantitative estimate of drug-likeness (QED) is 0.187. The lowest BCUT2D eigenvalue weighted by atomic mass is 9.86. The smallest absolute Gasteiger partial charge is 0.235 e. The van der Waals surface area contributed by atoms with Gasteiger partial charge in [0.05, 0.1) is 22.2 Å². The molecule has 0 fully saturated rings. The normalized spacial score (nSPS) is 13.7. The van der Waals surface area contributed by atoms with E-state index in [0.29, 0.717) is 5.95 Å². The Hall–Kier alpha value is -5.32. The van der Waals surface area contributed by atoms with Gasteiger partial charge < -0.3 is 0 Å². The molecule has 3 heterocycles. The molecule has 4 heteroatoms. The van der Waals surface area contributed by atoms with Gasteiger partial charge in [-0.05, 0) is 29.1 Å². The van der Waals surface area contributed by atoms with Crippen molar-refractivity contribution < 1.29 is 0 Å². The van der Waals surface area contributed by atoms with Gasteiger partial charge in [0.2, 0.25) is 5.95 Å².